The van der Waals surface area contributed by atoms with Gasteiger partial charge in [0.2, 0.25) is 0 Å². The van der Waals surface area contributed by atoms with E-state index in [1.54, 1.807) is 6.92 Å². The molecule has 0 bridgehead atoms. The molecular formula is C8H16N2O2. The van der Waals surface area contributed by atoms with Gasteiger partial charge in [0.1, 0.15) is 0 Å². The van der Waals surface area contributed by atoms with Crippen LogP contribution >= 0.6 is 0 Å². The van der Waals surface area contributed by atoms with Crippen molar-refractivity contribution in [2.45, 2.75) is 45.7 Å². The molecule has 0 aliphatic carbocycles. The van der Waals surface area contributed by atoms with Gasteiger partial charge in [0.05, 0.1) is 12.1 Å². The van der Waals surface area contributed by atoms with E-state index in [0.29, 0.717) is 6.42 Å². The second-order valence-corrected chi connectivity index (χ2v) is 3.00. The monoisotopic (exact) mass is 172 g/mol. The largest absolute Gasteiger partial charge is 0.151 e. The molecule has 0 aromatic heterocycles. The first kappa shape index (κ1) is 11.2. The van der Waals surface area contributed by atoms with E-state index in [2.05, 4.69) is 10.4 Å². The van der Waals surface area contributed by atoms with E-state index < -0.39 is 0 Å². The maximum absolute atomic E-state index is 10.4. The van der Waals surface area contributed by atoms with Crippen molar-refractivity contribution in [2.24, 2.45) is 16.3 Å². The Morgan fingerprint density at radius 3 is 1.92 bits per heavy atom. The Balaban J connectivity index is 4.28. The SMILES string of the molecule is CCC(N=O)C(CC)C(C)N=O. The number of nitroso groups, excluding NO2 is 2. The summed E-state index contributed by atoms with van der Waals surface area (Å²) >= 11 is 0. The molecule has 70 valence electrons. The minimum absolute atomic E-state index is 0.00463. The topological polar surface area (TPSA) is 58.9 Å². The fourth-order valence-electron chi connectivity index (χ4n) is 1.47. The Bertz CT molecular complexity index is 150. The van der Waals surface area contributed by atoms with E-state index in [9.17, 15) is 9.81 Å². The van der Waals surface area contributed by atoms with Crippen molar-refractivity contribution in [3.63, 3.8) is 0 Å². The first-order valence-corrected chi connectivity index (χ1v) is 4.36. The summed E-state index contributed by atoms with van der Waals surface area (Å²) in [5.41, 5.74) is 0. The third-order valence-corrected chi connectivity index (χ3v) is 2.31. The zero-order chi connectivity index (χ0) is 9.56. The Morgan fingerprint density at radius 2 is 1.67 bits per heavy atom. The molecule has 0 saturated carbocycles. The molecule has 0 N–H and O–H groups in total. The smallest absolute Gasteiger partial charge is 0.0966 e. The van der Waals surface area contributed by atoms with Crippen molar-refractivity contribution in [3.05, 3.63) is 9.81 Å². The lowest BCUT2D eigenvalue weighted by Gasteiger charge is -2.20. The molecule has 0 aliphatic heterocycles. The quantitative estimate of drug-likeness (QED) is 0.578. The van der Waals surface area contributed by atoms with Gasteiger partial charge in [-0.25, -0.2) is 0 Å². The van der Waals surface area contributed by atoms with Crippen LogP contribution in [0.15, 0.2) is 10.4 Å². The summed E-state index contributed by atoms with van der Waals surface area (Å²) < 4.78 is 0. The zero-order valence-corrected chi connectivity index (χ0v) is 7.86. The average molecular weight is 172 g/mol. The Morgan fingerprint density at radius 1 is 1.08 bits per heavy atom. The highest BCUT2D eigenvalue weighted by atomic mass is 16.3. The molecule has 0 amide bonds. The van der Waals surface area contributed by atoms with Gasteiger partial charge < -0.3 is 0 Å². The molecular weight excluding hydrogens is 156 g/mol. The Kier molecular flexibility index (Phi) is 5.41. The van der Waals surface area contributed by atoms with Crippen LogP contribution in [0.4, 0.5) is 0 Å². The fourth-order valence-corrected chi connectivity index (χ4v) is 1.47. The molecule has 3 atom stereocenters. The Labute approximate surface area is 72.7 Å². The molecule has 4 nitrogen and oxygen atoms in total. The van der Waals surface area contributed by atoms with Gasteiger partial charge in [-0.2, -0.15) is 9.81 Å². The lowest BCUT2D eigenvalue weighted by Crippen LogP contribution is -2.26. The van der Waals surface area contributed by atoms with Gasteiger partial charge >= 0.3 is 0 Å². The molecule has 0 aromatic carbocycles. The van der Waals surface area contributed by atoms with Gasteiger partial charge in [-0.05, 0) is 19.8 Å². The van der Waals surface area contributed by atoms with Crippen molar-refractivity contribution in [3.8, 4) is 0 Å². The van der Waals surface area contributed by atoms with Crippen molar-refractivity contribution >= 4 is 0 Å². The van der Waals surface area contributed by atoms with Crippen LogP contribution in [0.5, 0.6) is 0 Å². The number of rotatable bonds is 6. The van der Waals surface area contributed by atoms with Crippen molar-refractivity contribution in [1.29, 1.82) is 0 Å². The molecule has 0 aliphatic rings. The predicted octanol–water partition coefficient (Wildman–Crippen LogP) is 2.71. The molecule has 3 unspecified atom stereocenters. The third kappa shape index (κ3) is 2.68. The molecule has 0 spiro atoms. The summed E-state index contributed by atoms with van der Waals surface area (Å²) in [6.07, 6.45) is 1.46. The normalized spacial score (nSPS) is 17.9. The molecule has 0 radical (unpaired) electrons. The van der Waals surface area contributed by atoms with Gasteiger partial charge in [0.25, 0.3) is 0 Å². The maximum Gasteiger partial charge on any atom is 0.0966 e. The van der Waals surface area contributed by atoms with Crippen molar-refractivity contribution in [1.82, 2.24) is 0 Å². The van der Waals surface area contributed by atoms with Crippen molar-refractivity contribution in [2.75, 3.05) is 0 Å². The minimum Gasteiger partial charge on any atom is -0.151 e. The highest BCUT2D eigenvalue weighted by Gasteiger charge is 2.25. The first-order chi connectivity index (χ1) is 5.71. The van der Waals surface area contributed by atoms with Crippen LogP contribution in [0.25, 0.3) is 0 Å². The third-order valence-electron chi connectivity index (χ3n) is 2.31. The van der Waals surface area contributed by atoms with Crippen LogP contribution in [0.3, 0.4) is 0 Å². The van der Waals surface area contributed by atoms with Gasteiger partial charge in [-0.15, -0.1) is 0 Å². The molecule has 0 heterocycles. The molecule has 4 heteroatoms. The summed E-state index contributed by atoms with van der Waals surface area (Å²) in [6.45, 7) is 5.57. The summed E-state index contributed by atoms with van der Waals surface area (Å²) in [5.74, 6) is 0.00463. The highest BCUT2D eigenvalue weighted by Crippen LogP contribution is 2.21. The summed E-state index contributed by atoms with van der Waals surface area (Å²) in [4.78, 5) is 20.6. The summed E-state index contributed by atoms with van der Waals surface area (Å²) in [7, 11) is 0. The van der Waals surface area contributed by atoms with Crippen LogP contribution < -0.4 is 0 Å². The van der Waals surface area contributed by atoms with E-state index in [1.807, 2.05) is 13.8 Å². The van der Waals surface area contributed by atoms with Crippen LogP contribution in [-0.4, -0.2) is 12.1 Å². The molecule has 0 aromatic rings. The van der Waals surface area contributed by atoms with Gasteiger partial charge in [0, 0.05) is 5.92 Å². The molecule has 0 saturated heterocycles. The zero-order valence-electron chi connectivity index (χ0n) is 7.86. The minimum atomic E-state index is -0.308. The molecule has 0 fully saturated rings. The number of hydrogen-bond donors (Lipinski definition) is 0. The lowest BCUT2D eigenvalue weighted by atomic mass is 9.90. The molecule has 12 heavy (non-hydrogen) atoms. The maximum atomic E-state index is 10.4. The van der Waals surface area contributed by atoms with E-state index in [0.717, 1.165) is 6.42 Å². The summed E-state index contributed by atoms with van der Waals surface area (Å²) in [6, 6.07) is -0.569. The number of hydrogen-bond acceptors (Lipinski definition) is 4. The number of nitrogens with zero attached hydrogens (tertiary/aromatic N) is 2. The van der Waals surface area contributed by atoms with Crippen LogP contribution in [0.2, 0.25) is 0 Å². The van der Waals surface area contributed by atoms with Gasteiger partial charge in [-0.3, -0.25) is 0 Å². The van der Waals surface area contributed by atoms with E-state index in [1.165, 1.54) is 0 Å². The van der Waals surface area contributed by atoms with Gasteiger partial charge in [-0.1, -0.05) is 24.2 Å². The fraction of sp³-hybridized carbons (Fsp3) is 1.00. The predicted molar refractivity (Wildman–Crippen MR) is 48.9 cm³/mol. The van der Waals surface area contributed by atoms with Crippen molar-refractivity contribution < 1.29 is 0 Å². The van der Waals surface area contributed by atoms with Crippen LogP contribution in [0.1, 0.15) is 33.6 Å². The van der Waals surface area contributed by atoms with E-state index in [-0.39, 0.29) is 18.0 Å². The lowest BCUT2D eigenvalue weighted by molar-refractivity contribution is 0.346. The second-order valence-electron chi connectivity index (χ2n) is 3.00. The summed E-state index contributed by atoms with van der Waals surface area (Å²) in [5, 5.41) is 5.93. The van der Waals surface area contributed by atoms with Crippen LogP contribution in [0, 0.1) is 15.7 Å². The Hall–Kier alpha value is -0.800. The van der Waals surface area contributed by atoms with Gasteiger partial charge in [0.15, 0.2) is 0 Å². The molecule has 0 rings (SSSR count). The second kappa shape index (κ2) is 5.80. The standard InChI is InChI=1S/C8H16N2O2/c1-4-7(6(3)9-11)8(5-2)10-12/h6-8H,4-5H2,1-3H3. The highest BCUT2D eigenvalue weighted by molar-refractivity contribution is 4.81. The van der Waals surface area contributed by atoms with E-state index in [4.69, 9.17) is 0 Å². The average Bonchev–Trinajstić information content (AvgIpc) is 2.12. The first-order valence-electron chi connectivity index (χ1n) is 4.36. The van der Waals surface area contributed by atoms with E-state index >= 15 is 0 Å². The van der Waals surface area contributed by atoms with Crippen LogP contribution in [-0.2, 0) is 0 Å².